The van der Waals surface area contributed by atoms with Crippen LogP contribution in [0.15, 0.2) is 12.1 Å². The van der Waals surface area contributed by atoms with Gasteiger partial charge in [-0.2, -0.15) is 0 Å². The van der Waals surface area contributed by atoms with Crippen molar-refractivity contribution in [1.29, 1.82) is 0 Å². The van der Waals surface area contributed by atoms with E-state index in [1.165, 1.54) is 16.7 Å². The zero-order chi connectivity index (χ0) is 10.5. The highest BCUT2D eigenvalue weighted by atomic mass is 16.1. The standard InChI is InChI=1S/C13H16O/c1-8-5-10-11(6-9(8)2)13(3,4)7-12(10)14/h5-6H,7H2,1-4H3. The van der Waals surface area contributed by atoms with E-state index in [1.54, 1.807) is 0 Å². The maximum atomic E-state index is 11.7. The van der Waals surface area contributed by atoms with Gasteiger partial charge in [-0.1, -0.05) is 19.9 Å². The molecule has 0 unspecified atom stereocenters. The zero-order valence-electron chi connectivity index (χ0n) is 9.27. The van der Waals surface area contributed by atoms with Crippen LogP contribution < -0.4 is 0 Å². The molecule has 0 fully saturated rings. The van der Waals surface area contributed by atoms with Crippen LogP contribution in [0.2, 0.25) is 0 Å². The second-order valence-corrected chi connectivity index (χ2v) is 4.97. The number of ketones is 1. The van der Waals surface area contributed by atoms with Crippen LogP contribution in [0.25, 0.3) is 0 Å². The Hall–Kier alpha value is -1.11. The Morgan fingerprint density at radius 2 is 1.71 bits per heavy atom. The van der Waals surface area contributed by atoms with E-state index < -0.39 is 0 Å². The second kappa shape index (κ2) is 2.69. The summed E-state index contributed by atoms with van der Waals surface area (Å²) in [5.41, 5.74) is 4.70. The Morgan fingerprint density at radius 1 is 1.14 bits per heavy atom. The molecule has 0 saturated heterocycles. The highest BCUT2D eigenvalue weighted by Crippen LogP contribution is 2.39. The van der Waals surface area contributed by atoms with Gasteiger partial charge < -0.3 is 0 Å². The first-order chi connectivity index (χ1) is 6.42. The molecule has 1 aliphatic carbocycles. The number of carbonyl (C=O) groups excluding carboxylic acids is 1. The van der Waals surface area contributed by atoms with Crippen LogP contribution in [0.5, 0.6) is 0 Å². The van der Waals surface area contributed by atoms with E-state index in [-0.39, 0.29) is 5.41 Å². The molecule has 1 nitrogen and oxygen atoms in total. The van der Waals surface area contributed by atoms with Crippen molar-refractivity contribution in [2.45, 2.75) is 39.5 Å². The number of Topliss-reactive ketones (excluding diaryl/α,β-unsaturated/α-hetero) is 1. The number of aryl methyl sites for hydroxylation is 2. The zero-order valence-corrected chi connectivity index (χ0v) is 9.27. The van der Waals surface area contributed by atoms with Gasteiger partial charge >= 0.3 is 0 Å². The molecule has 0 radical (unpaired) electrons. The normalized spacial score (nSPS) is 18.4. The van der Waals surface area contributed by atoms with Crippen LogP contribution in [0.1, 0.15) is 47.3 Å². The van der Waals surface area contributed by atoms with E-state index >= 15 is 0 Å². The van der Waals surface area contributed by atoms with Gasteiger partial charge in [0.2, 0.25) is 0 Å². The highest BCUT2D eigenvalue weighted by molar-refractivity contribution is 6.02. The van der Waals surface area contributed by atoms with E-state index in [0.29, 0.717) is 12.2 Å². The molecule has 0 heterocycles. The lowest BCUT2D eigenvalue weighted by molar-refractivity contribution is 0.0979. The van der Waals surface area contributed by atoms with Crippen molar-refractivity contribution in [3.63, 3.8) is 0 Å². The number of hydrogen-bond donors (Lipinski definition) is 0. The average molecular weight is 188 g/mol. The molecule has 0 aliphatic heterocycles. The largest absolute Gasteiger partial charge is 0.294 e. The molecule has 0 saturated carbocycles. The van der Waals surface area contributed by atoms with Gasteiger partial charge in [-0.3, -0.25) is 4.79 Å². The van der Waals surface area contributed by atoms with Crippen molar-refractivity contribution < 1.29 is 4.79 Å². The summed E-state index contributed by atoms with van der Waals surface area (Å²) in [4.78, 5) is 11.7. The monoisotopic (exact) mass is 188 g/mol. The smallest absolute Gasteiger partial charge is 0.164 e. The molecule has 0 spiro atoms. The lowest BCUT2D eigenvalue weighted by Gasteiger charge is -2.18. The number of rotatable bonds is 0. The van der Waals surface area contributed by atoms with E-state index in [0.717, 1.165) is 5.56 Å². The molecule has 74 valence electrons. The molecule has 2 rings (SSSR count). The molecule has 1 aromatic carbocycles. The topological polar surface area (TPSA) is 17.1 Å². The Labute approximate surface area is 85.1 Å². The minimum Gasteiger partial charge on any atom is -0.294 e. The first kappa shape index (κ1) is 9.45. The summed E-state index contributed by atoms with van der Waals surface area (Å²) in [6.45, 7) is 8.46. The van der Waals surface area contributed by atoms with Crippen LogP contribution in [0.4, 0.5) is 0 Å². The van der Waals surface area contributed by atoms with Crippen LogP contribution in [-0.2, 0) is 5.41 Å². The predicted molar refractivity (Wildman–Crippen MR) is 57.9 cm³/mol. The van der Waals surface area contributed by atoms with Crippen molar-refractivity contribution in [2.24, 2.45) is 0 Å². The average Bonchev–Trinajstić information content (AvgIpc) is 2.26. The second-order valence-electron chi connectivity index (χ2n) is 4.97. The molecule has 0 amide bonds. The fourth-order valence-electron chi connectivity index (χ4n) is 2.20. The molecular weight excluding hydrogens is 172 g/mol. The third-order valence-corrected chi connectivity index (χ3v) is 3.27. The number of benzene rings is 1. The van der Waals surface area contributed by atoms with Gasteiger partial charge in [-0.25, -0.2) is 0 Å². The van der Waals surface area contributed by atoms with Gasteiger partial charge in [0.1, 0.15) is 0 Å². The lowest BCUT2D eigenvalue weighted by Crippen LogP contribution is -2.12. The van der Waals surface area contributed by atoms with E-state index in [9.17, 15) is 4.79 Å². The summed E-state index contributed by atoms with van der Waals surface area (Å²) in [5, 5.41) is 0. The van der Waals surface area contributed by atoms with Crippen LogP contribution in [-0.4, -0.2) is 5.78 Å². The van der Waals surface area contributed by atoms with Gasteiger partial charge in [0.25, 0.3) is 0 Å². The Balaban J connectivity index is 2.70. The van der Waals surface area contributed by atoms with Crippen LogP contribution in [0.3, 0.4) is 0 Å². The van der Waals surface area contributed by atoms with E-state index in [2.05, 4.69) is 33.8 Å². The molecule has 1 aliphatic rings. The van der Waals surface area contributed by atoms with Gasteiger partial charge in [-0.05, 0) is 42.0 Å². The van der Waals surface area contributed by atoms with Gasteiger partial charge in [0, 0.05) is 12.0 Å². The number of carbonyl (C=O) groups is 1. The van der Waals surface area contributed by atoms with E-state index in [4.69, 9.17) is 0 Å². The third kappa shape index (κ3) is 1.19. The minimum absolute atomic E-state index is 0.0326. The first-order valence-electron chi connectivity index (χ1n) is 5.07. The van der Waals surface area contributed by atoms with Crippen molar-refractivity contribution >= 4 is 5.78 Å². The summed E-state index contributed by atoms with van der Waals surface area (Å²) in [6.07, 6.45) is 0.658. The third-order valence-electron chi connectivity index (χ3n) is 3.27. The molecule has 14 heavy (non-hydrogen) atoms. The Bertz CT molecular complexity index is 413. The predicted octanol–water partition coefficient (Wildman–Crippen LogP) is 3.17. The molecular formula is C13H16O. The van der Waals surface area contributed by atoms with Gasteiger partial charge in [0.15, 0.2) is 5.78 Å². The maximum Gasteiger partial charge on any atom is 0.164 e. The fourth-order valence-corrected chi connectivity index (χ4v) is 2.20. The van der Waals surface area contributed by atoms with Crippen molar-refractivity contribution in [2.75, 3.05) is 0 Å². The molecule has 0 aromatic heterocycles. The van der Waals surface area contributed by atoms with Crippen molar-refractivity contribution in [3.8, 4) is 0 Å². The van der Waals surface area contributed by atoms with Crippen molar-refractivity contribution in [3.05, 3.63) is 34.4 Å². The minimum atomic E-state index is 0.0326. The quantitative estimate of drug-likeness (QED) is 0.611. The Morgan fingerprint density at radius 3 is 2.36 bits per heavy atom. The first-order valence-corrected chi connectivity index (χ1v) is 5.07. The fraction of sp³-hybridized carbons (Fsp3) is 0.462. The molecule has 0 bridgehead atoms. The highest BCUT2D eigenvalue weighted by Gasteiger charge is 2.35. The maximum absolute atomic E-state index is 11.7. The molecule has 0 atom stereocenters. The van der Waals surface area contributed by atoms with Crippen LogP contribution in [0, 0.1) is 13.8 Å². The Kier molecular flexibility index (Phi) is 1.82. The number of fused-ring (bicyclic) bond motifs is 1. The van der Waals surface area contributed by atoms with Crippen molar-refractivity contribution in [1.82, 2.24) is 0 Å². The van der Waals surface area contributed by atoms with E-state index in [1.807, 2.05) is 6.07 Å². The lowest BCUT2D eigenvalue weighted by atomic mass is 9.85. The summed E-state index contributed by atoms with van der Waals surface area (Å²) in [5.74, 6) is 0.299. The summed E-state index contributed by atoms with van der Waals surface area (Å²) < 4.78 is 0. The summed E-state index contributed by atoms with van der Waals surface area (Å²) in [6, 6.07) is 4.22. The van der Waals surface area contributed by atoms with Crippen LogP contribution >= 0.6 is 0 Å². The molecule has 1 aromatic rings. The van der Waals surface area contributed by atoms with Gasteiger partial charge in [-0.15, -0.1) is 0 Å². The molecule has 1 heteroatoms. The summed E-state index contributed by atoms with van der Waals surface area (Å²) >= 11 is 0. The summed E-state index contributed by atoms with van der Waals surface area (Å²) in [7, 11) is 0. The SMILES string of the molecule is Cc1cc2c(cc1C)C(C)(C)CC2=O. The molecule has 0 N–H and O–H groups in total. The number of hydrogen-bond acceptors (Lipinski definition) is 1. The van der Waals surface area contributed by atoms with Gasteiger partial charge in [0.05, 0.1) is 0 Å².